The first-order valence-corrected chi connectivity index (χ1v) is 8.83. The van der Waals surface area contributed by atoms with Gasteiger partial charge in [-0.2, -0.15) is 0 Å². The Bertz CT molecular complexity index is 464. The summed E-state index contributed by atoms with van der Waals surface area (Å²) in [6.07, 6.45) is 1.84. The SMILES string of the molecule is CSc1sc(Br)c(Cl)c1S(=O)(=O)C(C)C. The Labute approximate surface area is 111 Å². The third-order valence-corrected chi connectivity index (χ3v) is 8.12. The van der Waals surface area contributed by atoms with Gasteiger partial charge >= 0.3 is 0 Å². The fourth-order valence-corrected chi connectivity index (χ4v) is 6.36. The molecule has 0 N–H and O–H groups in total. The highest BCUT2D eigenvalue weighted by Gasteiger charge is 2.29. The van der Waals surface area contributed by atoms with Gasteiger partial charge in [0.25, 0.3) is 0 Å². The number of rotatable bonds is 3. The van der Waals surface area contributed by atoms with Crippen LogP contribution in [0.3, 0.4) is 0 Å². The fraction of sp³-hybridized carbons (Fsp3) is 0.500. The molecule has 2 nitrogen and oxygen atoms in total. The van der Waals surface area contributed by atoms with Gasteiger partial charge in [-0.25, -0.2) is 8.42 Å². The van der Waals surface area contributed by atoms with E-state index in [9.17, 15) is 8.42 Å². The maximum atomic E-state index is 12.0. The molecule has 0 amide bonds. The predicted molar refractivity (Wildman–Crippen MR) is 71.1 cm³/mol. The number of sulfone groups is 1. The normalized spacial score (nSPS) is 12.4. The maximum Gasteiger partial charge on any atom is 0.184 e. The van der Waals surface area contributed by atoms with Gasteiger partial charge < -0.3 is 0 Å². The lowest BCUT2D eigenvalue weighted by Crippen LogP contribution is -2.14. The maximum absolute atomic E-state index is 12.0. The molecule has 15 heavy (non-hydrogen) atoms. The predicted octanol–water partition coefficient (Wildman–Crippen LogP) is 4.07. The quantitative estimate of drug-likeness (QED) is 0.771. The largest absolute Gasteiger partial charge is 0.223 e. The molecule has 1 aromatic heterocycles. The second-order valence-electron chi connectivity index (χ2n) is 3.10. The molecule has 0 unspecified atom stereocenters. The lowest BCUT2D eigenvalue weighted by atomic mass is 10.6. The first kappa shape index (κ1) is 13.8. The summed E-state index contributed by atoms with van der Waals surface area (Å²) in [6, 6.07) is 0. The Kier molecular flexibility index (Phi) is 4.57. The van der Waals surface area contributed by atoms with Crippen molar-refractivity contribution in [2.24, 2.45) is 0 Å². The van der Waals surface area contributed by atoms with Gasteiger partial charge in [0, 0.05) is 0 Å². The van der Waals surface area contributed by atoms with Crippen LogP contribution >= 0.6 is 50.6 Å². The average molecular weight is 350 g/mol. The molecule has 0 atom stereocenters. The van der Waals surface area contributed by atoms with Gasteiger partial charge in [-0.15, -0.1) is 23.1 Å². The van der Waals surface area contributed by atoms with E-state index in [1.807, 2.05) is 6.26 Å². The van der Waals surface area contributed by atoms with E-state index < -0.39 is 15.1 Å². The molecule has 0 aliphatic heterocycles. The summed E-state index contributed by atoms with van der Waals surface area (Å²) in [5.41, 5.74) is 0. The van der Waals surface area contributed by atoms with Crippen molar-refractivity contribution in [3.05, 3.63) is 8.81 Å². The van der Waals surface area contributed by atoms with Crippen molar-refractivity contribution in [2.75, 3.05) is 6.26 Å². The van der Waals surface area contributed by atoms with Crippen LogP contribution in [-0.2, 0) is 9.84 Å². The Morgan fingerprint density at radius 3 is 2.40 bits per heavy atom. The Morgan fingerprint density at radius 1 is 1.47 bits per heavy atom. The van der Waals surface area contributed by atoms with Crippen LogP contribution in [0.15, 0.2) is 12.9 Å². The van der Waals surface area contributed by atoms with Gasteiger partial charge in [-0.1, -0.05) is 11.6 Å². The third kappa shape index (κ3) is 2.54. The summed E-state index contributed by atoms with van der Waals surface area (Å²) in [5.74, 6) is 0. The smallest absolute Gasteiger partial charge is 0.184 e. The highest BCUT2D eigenvalue weighted by Crippen LogP contribution is 2.45. The zero-order chi connectivity index (χ0) is 11.8. The average Bonchev–Trinajstić information content (AvgIpc) is 2.43. The number of hydrogen-bond acceptors (Lipinski definition) is 4. The van der Waals surface area contributed by atoms with Crippen LogP contribution in [0.5, 0.6) is 0 Å². The van der Waals surface area contributed by atoms with Gasteiger partial charge in [0.15, 0.2) is 9.84 Å². The van der Waals surface area contributed by atoms with Crippen LogP contribution in [-0.4, -0.2) is 19.9 Å². The van der Waals surface area contributed by atoms with Gasteiger partial charge in [0.2, 0.25) is 0 Å². The molecule has 0 saturated carbocycles. The van der Waals surface area contributed by atoms with Crippen LogP contribution in [0.25, 0.3) is 0 Å². The first-order chi connectivity index (χ1) is 6.82. The van der Waals surface area contributed by atoms with Crippen LogP contribution in [0.2, 0.25) is 5.02 Å². The van der Waals surface area contributed by atoms with Crippen LogP contribution in [0.4, 0.5) is 0 Å². The van der Waals surface area contributed by atoms with Crippen molar-refractivity contribution in [3.8, 4) is 0 Å². The minimum atomic E-state index is -3.30. The summed E-state index contributed by atoms with van der Waals surface area (Å²) in [6.45, 7) is 3.31. The summed E-state index contributed by atoms with van der Waals surface area (Å²) in [7, 11) is -3.30. The highest BCUT2D eigenvalue weighted by atomic mass is 79.9. The molecule has 7 heteroatoms. The van der Waals surface area contributed by atoms with Crippen LogP contribution in [0, 0.1) is 0 Å². The van der Waals surface area contributed by atoms with E-state index in [-0.39, 0.29) is 4.90 Å². The molecular formula is C8H10BrClO2S3. The van der Waals surface area contributed by atoms with Crippen molar-refractivity contribution in [1.29, 1.82) is 0 Å². The minimum absolute atomic E-state index is 0.267. The Balaban J connectivity index is 3.49. The van der Waals surface area contributed by atoms with Crippen molar-refractivity contribution in [3.63, 3.8) is 0 Å². The summed E-state index contributed by atoms with van der Waals surface area (Å²) in [5, 5.41) is -0.152. The molecule has 1 heterocycles. The third-order valence-electron chi connectivity index (χ3n) is 1.83. The molecule has 86 valence electrons. The molecule has 0 aromatic carbocycles. The van der Waals surface area contributed by atoms with Crippen molar-refractivity contribution in [2.45, 2.75) is 28.2 Å². The van der Waals surface area contributed by atoms with Gasteiger partial charge in [0.1, 0.15) is 4.90 Å². The van der Waals surface area contributed by atoms with E-state index in [0.717, 1.165) is 4.21 Å². The second-order valence-corrected chi connectivity index (χ2v) is 9.34. The fourth-order valence-electron chi connectivity index (χ4n) is 0.963. The number of hydrogen-bond donors (Lipinski definition) is 0. The lowest BCUT2D eigenvalue weighted by Gasteiger charge is -2.08. The van der Waals surface area contributed by atoms with Crippen molar-refractivity contribution < 1.29 is 8.42 Å². The molecule has 0 aliphatic rings. The van der Waals surface area contributed by atoms with E-state index in [1.165, 1.54) is 23.1 Å². The molecule has 0 saturated heterocycles. The van der Waals surface area contributed by atoms with Gasteiger partial charge in [-0.3, -0.25) is 0 Å². The minimum Gasteiger partial charge on any atom is -0.223 e. The number of thioether (sulfide) groups is 1. The van der Waals surface area contributed by atoms with E-state index in [1.54, 1.807) is 13.8 Å². The van der Waals surface area contributed by atoms with Crippen molar-refractivity contribution in [1.82, 2.24) is 0 Å². The molecule has 1 rings (SSSR count). The van der Waals surface area contributed by atoms with Crippen molar-refractivity contribution >= 4 is 60.5 Å². The second kappa shape index (κ2) is 4.96. The van der Waals surface area contributed by atoms with E-state index in [2.05, 4.69) is 15.9 Å². The summed E-state index contributed by atoms with van der Waals surface area (Å²) >= 11 is 12.0. The first-order valence-electron chi connectivity index (χ1n) is 4.08. The summed E-state index contributed by atoms with van der Waals surface area (Å²) in [4.78, 5) is 0.267. The molecule has 0 aliphatic carbocycles. The lowest BCUT2D eigenvalue weighted by molar-refractivity contribution is 0.586. The van der Waals surface area contributed by atoms with E-state index in [0.29, 0.717) is 8.81 Å². The van der Waals surface area contributed by atoms with Gasteiger partial charge in [-0.05, 0) is 36.0 Å². The van der Waals surface area contributed by atoms with Crippen LogP contribution < -0.4 is 0 Å². The monoisotopic (exact) mass is 348 g/mol. The number of thiophene rings is 1. The molecule has 0 spiro atoms. The summed E-state index contributed by atoms with van der Waals surface area (Å²) < 4.78 is 25.5. The Morgan fingerprint density at radius 2 is 2.00 bits per heavy atom. The molecular weight excluding hydrogens is 340 g/mol. The van der Waals surface area contributed by atoms with Crippen LogP contribution in [0.1, 0.15) is 13.8 Å². The highest BCUT2D eigenvalue weighted by molar-refractivity contribution is 9.11. The molecule has 0 bridgehead atoms. The molecule has 1 aromatic rings. The van der Waals surface area contributed by atoms with E-state index >= 15 is 0 Å². The van der Waals surface area contributed by atoms with Gasteiger partial charge in [0.05, 0.1) is 18.3 Å². The van der Waals surface area contributed by atoms with E-state index in [4.69, 9.17) is 11.6 Å². The molecule has 0 radical (unpaired) electrons. The Hall–Kier alpha value is 0.770. The zero-order valence-electron chi connectivity index (χ0n) is 8.37. The standard InChI is InChI=1S/C8H10BrClO2S3/c1-4(2)15(11,12)6-5(10)7(9)14-8(6)13-3/h4H,1-3H3. The topological polar surface area (TPSA) is 34.1 Å². The molecule has 0 fully saturated rings. The zero-order valence-corrected chi connectivity index (χ0v) is 13.2. The number of halogens is 2.